The standard InChI is InChI=1S/C15H24N2O3/c1-12(2)11-20-9-5-8-16-15(18)17-13-6-4-7-14(10-13)19-3/h4,6-7,10,12H,5,8-9,11H2,1-3H3,(H2,16,17,18). The van der Waals surface area contributed by atoms with E-state index in [2.05, 4.69) is 24.5 Å². The van der Waals surface area contributed by atoms with Crippen LogP contribution in [0.4, 0.5) is 10.5 Å². The Bertz CT molecular complexity index is 408. The minimum Gasteiger partial charge on any atom is -0.497 e. The fraction of sp³-hybridized carbons (Fsp3) is 0.533. The van der Waals surface area contributed by atoms with Crippen molar-refractivity contribution in [1.82, 2.24) is 5.32 Å². The van der Waals surface area contributed by atoms with Crippen LogP contribution in [-0.4, -0.2) is 32.9 Å². The second-order valence-corrected chi connectivity index (χ2v) is 4.94. The van der Waals surface area contributed by atoms with Crippen LogP contribution in [0.1, 0.15) is 20.3 Å². The normalized spacial score (nSPS) is 10.4. The summed E-state index contributed by atoms with van der Waals surface area (Å²) < 4.78 is 10.5. The lowest BCUT2D eigenvalue weighted by molar-refractivity contribution is 0.108. The van der Waals surface area contributed by atoms with Crippen molar-refractivity contribution in [3.63, 3.8) is 0 Å². The summed E-state index contributed by atoms with van der Waals surface area (Å²) in [5.74, 6) is 1.25. The first-order chi connectivity index (χ1) is 9.61. The van der Waals surface area contributed by atoms with Gasteiger partial charge in [-0.15, -0.1) is 0 Å². The first-order valence-corrected chi connectivity index (χ1v) is 6.88. The first kappa shape index (κ1) is 16.3. The van der Waals surface area contributed by atoms with E-state index in [1.165, 1.54) is 0 Å². The molecule has 0 aromatic heterocycles. The highest BCUT2D eigenvalue weighted by Crippen LogP contribution is 2.16. The Labute approximate surface area is 120 Å². The van der Waals surface area contributed by atoms with Crippen molar-refractivity contribution in [2.45, 2.75) is 20.3 Å². The summed E-state index contributed by atoms with van der Waals surface area (Å²) in [4.78, 5) is 11.6. The molecule has 0 aliphatic carbocycles. The number of ether oxygens (including phenoxy) is 2. The van der Waals surface area contributed by atoms with Gasteiger partial charge in [0, 0.05) is 31.5 Å². The summed E-state index contributed by atoms with van der Waals surface area (Å²) in [6.45, 7) is 6.24. The second kappa shape index (κ2) is 9.20. The molecule has 2 N–H and O–H groups in total. The third kappa shape index (κ3) is 6.99. The topological polar surface area (TPSA) is 59.6 Å². The lowest BCUT2D eigenvalue weighted by Crippen LogP contribution is -2.30. The Kier molecular flexibility index (Phi) is 7.50. The van der Waals surface area contributed by atoms with Gasteiger partial charge in [-0.05, 0) is 24.5 Å². The largest absolute Gasteiger partial charge is 0.497 e. The molecule has 1 aromatic rings. The van der Waals surface area contributed by atoms with Crippen LogP contribution in [0, 0.1) is 5.92 Å². The van der Waals surface area contributed by atoms with Crippen LogP contribution in [0.15, 0.2) is 24.3 Å². The number of urea groups is 1. The van der Waals surface area contributed by atoms with Crippen LogP contribution in [-0.2, 0) is 4.74 Å². The number of benzene rings is 1. The first-order valence-electron chi connectivity index (χ1n) is 6.88. The van der Waals surface area contributed by atoms with Crippen molar-refractivity contribution in [3.8, 4) is 5.75 Å². The van der Waals surface area contributed by atoms with E-state index in [9.17, 15) is 4.79 Å². The predicted molar refractivity (Wildman–Crippen MR) is 80.3 cm³/mol. The van der Waals surface area contributed by atoms with Crippen molar-refractivity contribution in [3.05, 3.63) is 24.3 Å². The van der Waals surface area contributed by atoms with Gasteiger partial charge < -0.3 is 20.1 Å². The van der Waals surface area contributed by atoms with E-state index in [0.29, 0.717) is 30.5 Å². The van der Waals surface area contributed by atoms with E-state index in [1.54, 1.807) is 13.2 Å². The average molecular weight is 280 g/mol. The maximum absolute atomic E-state index is 11.6. The molecule has 0 atom stereocenters. The van der Waals surface area contributed by atoms with E-state index in [4.69, 9.17) is 9.47 Å². The molecule has 1 aromatic carbocycles. The van der Waals surface area contributed by atoms with E-state index in [1.807, 2.05) is 18.2 Å². The fourth-order valence-electron chi connectivity index (χ4n) is 1.57. The van der Waals surface area contributed by atoms with Crippen molar-refractivity contribution >= 4 is 11.7 Å². The van der Waals surface area contributed by atoms with Crippen LogP contribution in [0.25, 0.3) is 0 Å². The zero-order chi connectivity index (χ0) is 14.8. The Morgan fingerprint density at radius 1 is 1.35 bits per heavy atom. The summed E-state index contributed by atoms with van der Waals surface area (Å²) >= 11 is 0. The van der Waals surface area contributed by atoms with Crippen molar-refractivity contribution < 1.29 is 14.3 Å². The fourth-order valence-corrected chi connectivity index (χ4v) is 1.57. The molecule has 0 saturated carbocycles. The molecule has 0 saturated heterocycles. The van der Waals surface area contributed by atoms with E-state index in [0.717, 1.165) is 13.0 Å². The van der Waals surface area contributed by atoms with E-state index >= 15 is 0 Å². The van der Waals surface area contributed by atoms with Gasteiger partial charge in [-0.3, -0.25) is 0 Å². The van der Waals surface area contributed by atoms with Crippen LogP contribution in [0.2, 0.25) is 0 Å². The summed E-state index contributed by atoms with van der Waals surface area (Å²) in [7, 11) is 1.59. The number of carbonyl (C=O) groups is 1. The number of nitrogens with one attached hydrogen (secondary N) is 2. The number of methoxy groups -OCH3 is 1. The van der Waals surface area contributed by atoms with Gasteiger partial charge in [-0.2, -0.15) is 0 Å². The molecule has 2 amide bonds. The molecular weight excluding hydrogens is 256 g/mol. The zero-order valence-electron chi connectivity index (χ0n) is 12.4. The SMILES string of the molecule is COc1cccc(NC(=O)NCCCOCC(C)C)c1. The maximum Gasteiger partial charge on any atom is 0.319 e. The predicted octanol–water partition coefficient (Wildman–Crippen LogP) is 2.88. The lowest BCUT2D eigenvalue weighted by Gasteiger charge is -2.09. The van der Waals surface area contributed by atoms with Gasteiger partial charge in [0.15, 0.2) is 0 Å². The number of hydrogen-bond acceptors (Lipinski definition) is 3. The number of anilines is 1. The summed E-state index contributed by atoms with van der Waals surface area (Å²) in [6, 6.07) is 7.02. The molecule has 0 heterocycles. The molecule has 0 radical (unpaired) electrons. The molecule has 0 spiro atoms. The Morgan fingerprint density at radius 2 is 2.15 bits per heavy atom. The molecule has 0 aliphatic heterocycles. The minimum absolute atomic E-state index is 0.220. The van der Waals surface area contributed by atoms with Gasteiger partial charge >= 0.3 is 6.03 Å². The van der Waals surface area contributed by atoms with Gasteiger partial charge in [-0.25, -0.2) is 4.79 Å². The van der Waals surface area contributed by atoms with Crippen LogP contribution in [0.5, 0.6) is 5.75 Å². The summed E-state index contributed by atoms with van der Waals surface area (Å²) in [5, 5.41) is 5.54. The molecule has 0 bridgehead atoms. The molecule has 112 valence electrons. The van der Waals surface area contributed by atoms with Gasteiger partial charge in [0.25, 0.3) is 0 Å². The summed E-state index contributed by atoms with van der Waals surface area (Å²) in [6.07, 6.45) is 0.804. The Morgan fingerprint density at radius 3 is 2.85 bits per heavy atom. The number of rotatable bonds is 8. The Balaban J connectivity index is 2.16. The number of hydrogen-bond donors (Lipinski definition) is 2. The van der Waals surface area contributed by atoms with Crippen molar-refractivity contribution in [2.24, 2.45) is 5.92 Å². The van der Waals surface area contributed by atoms with Gasteiger partial charge in [0.1, 0.15) is 5.75 Å². The van der Waals surface area contributed by atoms with Crippen molar-refractivity contribution in [1.29, 1.82) is 0 Å². The van der Waals surface area contributed by atoms with Gasteiger partial charge in [0.05, 0.1) is 7.11 Å². The second-order valence-electron chi connectivity index (χ2n) is 4.94. The summed E-state index contributed by atoms with van der Waals surface area (Å²) in [5.41, 5.74) is 0.706. The van der Waals surface area contributed by atoms with Crippen LogP contribution in [0.3, 0.4) is 0 Å². The third-order valence-corrected chi connectivity index (χ3v) is 2.53. The lowest BCUT2D eigenvalue weighted by atomic mass is 10.2. The molecule has 0 aliphatic rings. The van der Waals surface area contributed by atoms with Crippen molar-refractivity contribution in [2.75, 3.05) is 32.2 Å². The molecular formula is C15H24N2O3. The minimum atomic E-state index is -0.220. The van der Waals surface area contributed by atoms with Gasteiger partial charge in [0.2, 0.25) is 0 Å². The maximum atomic E-state index is 11.6. The zero-order valence-corrected chi connectivity index (χ0v) is 12.4. The van der Waals surface area contributed by atoms with Gasteiger partial charge in [-0.1, -0.05) is 19.9 Å². The molecule has 5 heteroatoms. The van der Waals surface area contributed by atoms with Crippen LogP contribution < -0.4 is 15.4 Å². The van der Waals surface area contributed by atoms with Crippen LogP contribution >= 0.6 is 0 Å². The highest BCUT2D eigenvalue weighted by Gasteiger charge is 2.02. The Hall–Kier alpha value is -1.75. The smallest absolute Gasteiger partial charge is 0.319 e. The molecule has 20 heavy (non-hydrogen) atoms. The van der Waals surface area contributed by atoms with E-state index in [-0.39, 0.29) is 6.03 Å². The molecule has 1 rings (SSSR count). The third-order valence-electron chi connectivity index (χ3n) is 2.53. The molecule has 0 unspecified atom stereocenters. The molecule has 0 fully saturated rings. The highest BCUT2D eigenvalue weighted by atomic mass is 16.5. The quantitative estimate of drug-likeness (QED) is 0.720. The number of amides is 2. The molecule has 5 nitrogen and oxygen atoms in total. The number of carbonyl (C=O) groups excluding carboxylic acids is 1. The van der Waals surface area contributed by atoms with E-state index < -0.39 is 0 Å². The monoisotopic (exact) mass is 280 g/mol. The highest BCUT2D eigenvalue weighted by molar-refractivity contribution is 5.89. The average Bonchev–Trinajstić information content (AvgIpc) is 2.42.